The molecule has 1 saturated carbocycles. The molecule has 0 aromatic carbocycles. The minimum Gasteiger partial charge on any atom is -0.314 e. The van der Waals surface area contributed by atoms with E-state index in [0.29, 0.717) is 6.04 Å². The van der Waals surface area contributed by atoms with Gasteiger partial charge in [0.2, 0.25) is 0 Å². The Morgan fingerprint density at radius 3 is 2.71 bits per heavy atom. The maximum Gasteiger partial charge on any atom is 0.0596 e. The lowest BCUT2D eigenvalue weighted by molar-refractivity contribution is 0.166. The molecule has 0 aliphatic heterocycles. The Balaban J connectivity index is 2.06. The monoisotopic (exact) mass is 291 g/mol. The zero-order valence-electron chi connectivity index (χ0n) is 14.5. The molecule has 1 fully saturated rings. The van der Waals surface area contributed by atoms with E-state index in [4.69, 9.17) is 0 Å². The van der Waals surface area contributed by atoms with Crippen molar-refractivity contribution in [3.63, 3.8) is 0 Å². The summed E-state index contributed by atoms with van der Waals surface area (Å²) >= 11 is 0. The van der Waals surface area contributed by atoms with Gasteiger partial charge in [0, 0.05) is 18.8 Å². The predicted octanol–water partition coefficient (Wildman–Crippen LogP) is 3.71. The van der Waals surface area contributed by atoms with E-state index in [1.165, 1.54) is 37.8 Å². The summed E-state index contributed by atoms with van der Waals surface area (Å²) < 4.78 is 2.07. The number of hydrogen-bond donors (Lipinski definition) is 1. The van der Waals surface area contributed by atoms with E-state index < -0.39 is 0 Å². The molecular formula is C18H33N3. The number of hydrogen-bond acceptors (Lipinski definition) is 2. The third-order valence-electron chi connectivity index (χ3n) is 5.19. The fourth-order valence-corrected chi connectivity index (χ4v) is 3.85. The zero-order chi connectivity index (χ0) is 15.4. The molecule has 3 atom stereocenters. The summed E-state index contributed by atoms with van der Waals surface area (Å²) in [6, 6.07) is 2.95. The van der Waals surface area contributed by atoms with E-state index in [2.05, 4.69) is 55.9 Å². The highest BCUT2D eigenvalue weighted by Gasteiger charge is 2.32. The average Bonchev–Trinajstić information content (AvgIpc) is 2.75. The van der Waals surface area contributed by atoms with Gasteiger partial charge in [0.15, 0.2) is 0 Å². The summed E-state index contributed by atoms with van der Waals surface area (Å²) in [7, 11) is 2.08. The zero-order valence-corrected chi connectivity index (χ0v) is 14.5. The third-order valence-corrected chi connectivity index (χ3v) is 5.19. The molecule has 1 aliphatic carbocycles. The maximum atomic E-state index is 4.51. The molecule has 2 rings (SSSR count). The smallest absolute Gasteiger partial charge is 0.0596 e. The maximum absolute atomic E-state index is 4.51. The third kappa shape index (κ3) is 4.32. The highest BCUT2D eigenvalue weighted by molar-refractivity contribution is 5.10. The van der Waals surface area contributed by atoms with Crippen molar-refractivity contribution in [2.75, 3.05) is 6.54 Å². The van der Waals surface area contributed by atoms with Crippen LogP contribution in [0.2, 0.25) is 0 Å². The van der Waals surface area contributed by atoms with Crippen molar-refractivity contribution in [1.29, 1.82) is 0 Å². The van der Waals surface area contributed by atoms with Gasteiger partial charge < -0.3 is 5.32 Å². The first-order chi connectivity index (χ1) is 10.0. The van der Waals surface area contributed by atoms with Gasteiger partial charge in [-0.3, -0.25) is 4.68 Å². The van der Waals surface area contributed by atoms with Crippen LogP contribution in [0.3, 0.4) is 0 Å². The quantitative estimate of drug-likeness (QED) is 0.866. The summed E-state index contributed by atoms with van der Waals surface area (Å²) in [5, 5.41) is 8.31. The second kappa shape index (κ2) is 7.44. The molecule has 0 amide bonds. The summed E-state index contributed by atoms with van der Waals surface area (Å²) in [5.74, 6) is 2.46. The summed E-state index contributed by atoms with van der Waals surface area (Å²) in [4.78, 5) is 0. The Labute approximate surface area is 130 Å². The number of aromatic nitrogens is 2. The van der Waals surface area contributed by atoms with Gasteiger partial charge in [-0.05, 0) is 69.4 Å². The Hall–Kier alpha value is -0.830. The first-order valence-corrected chi connectivity index (χ1v) is 8.74. The molecule has 1 aliphatic rings. The van der Waals surface area contributed by atoms with Gasteiger partial charge in [0.1, 0.15) is 0 Å². The van der Waals surface area contributed by atoms with Crippen molar-refractivity contribution in [3.8, 4) is 0 Å². The van der Waals surface area contributed by atoms with Crippen molar-refractivity contribution in [1.82, 2.24) is 15.1 Å². The highest BCUT2D eigenvalue weighted by Crippen LogP contribution is 2.35. The first-order valence-electron chi connectivity index (χ1n) is 8.74. The normalized spacial score (nSPS) is 26.5. The Morgan fingerprint density at radius 2 is 2.14 bits per heavy atom. The van der Waals surface area contributed by atoms with Crippen molar-refractivity contribution in [3.05, 3.63) is 17.5 Å². The summed E-state index contributed by atoms with van der Waals surface area (Å²) in [6.07, 6.45) is 6.48. The van der Waals surface area contributed by atoms with Crippen LogP contribution in [0.1, 0.15) is 57.8 Å². The summed E-state index contributed by atoms with van der Waals surface area (Å²) in [6.45, 7) is 10.3. The molecule has 0 bridgehead atoms. The standard InChI is InChI=1S/C18H33N3/c1-6-9-19-18-8-7-15(13(2)3)11-16(18)12-17-10-14(4)20-21(17)5/h10,13,15-16,18-19H,6-9,11-12H2,1-5H3. The lowest BCUT2D eigenvalue weighted by Crippen LogP contribution is -2.43. The fraction of sp³-hybridized carbons (Fsp3) is 0.833. The number of nitrogens with one attached hydrogen (secondary N) is 1. The molecule has 3 heteroatoms. The predicted molar refractivity (Wildman–Crippen MR) is 89.4 cm³/mol. The molecule has 0 radical (unpaired) electrons. The van der Waals surface area contributed by atoms with Crippen molar-refractivity contribution in [2.45, 2.75) is 65.8 Å². The molecule has 0 saturated heterocycles. The largest absolute Gasteiger partial charge is 0.314 e. The van der Waals surface area contributed by atoms with E-state index in [1.807, 2.05) is 0 Å². The van der Waals surface area contributed by atoms with Crippen LogP contribution >= 0.6 is 0 Å². The molecule has 1 aromatic rings. The van der Waals surface area contributed by atoms with E-state index >= 15 is 0 Å². The van der Waals surface area contributed by atoms with Crippen LogP contribution < -0.4 is 5.32 Å². The van der Waals surface area contributed by atoms with Gasteiger partial charge in [0.05, 0.1) is 5.69 Å². The van der Waals surface area contributed by atoms with Crippen LogP contribution in [-0.4, -0.2) is 22.4 Å². The number of aryl methyl sites for hydroxylation is 2. The van der Waals surface area contributed by atoms with Crippen LogP contribution in [0.25, 0.3) is 0 Å². The molecule has 120 valence electrons. The average molecular weight is 291 g/mol. The lowest BCUT2D eigenvalue weighted by Gasteiger charge is -2.38. The second-order valence-electron chi connectivity index (χ2n) is 7.24. The highest BCUT2D eigenvalue weighted by atomic mass is 15.3. The van der Waals surface area contributed by atoms with Crippen molar-refractivity contribution >= 4 is 0 Å². The van der Waals surface area contributed by atoms with Crippen molar-refractivity contribution < 1.29 is 0 Å². The minimum absolute atomic E-state index is 0.690. The van der Waals surface area contributed by atoms with Gasteiger partial charge in [-0.25, -0.2) is 0 Å². The fourth-order valence-electron chi connectivity index (χ4n) is 3.85. The molecule has 0 spiro atoms. The van der Waals surface area contributed by atoms with Gasteiger partial charge >= 0.3 is 0 Å². The van der Waals surface area contributed by atoms with Crippen LogP contribution in [0.4, 0.5) is 0 Å². The van der Waals surface area contributed by atoms with Crippen LogP contribution in [0.15, 0.2) is 6.07 Å². The Kier molecular flexibility index (Phi) is 5.86. The van der Waals surface area contributed by atoms with Crippen molar-refractivity contribution in [2.24, 2.45) is 24.8 Å². The van der Waals surface area contributed by atoms with E-state index in [9.17, 15) is 0 Å². The molecule has 1 heterocycles. The molecule has 3 unspecified atom stereocenters. The molecule has 1 aromatic heterocycles. The van der Waals surface area contributed by atoms with Crippen LogP contribution in [-0.2, 0) is 13.5 Å². The van der Waals surface area contributed by atoms with E-state index in [1.54, 1.807) is 0 Å². The lowest BCUT2D eigenvalue weighted by atomic mass is 9.72. The van der Waals surface area contributed by atoms with Gasteiger partial charge in [-0.1, -0.05) is 20.8 Å². The summed E-state index contributed by atoms with van der Waals surface area (Å²) in [5.41, 5.74) is 2.53. The second-order valence-corrected chi connectivity index (χ2v) is 7.24. The molecular weight excluding hydrogens is 258 g/mol. The number of rotatable bonds is 6. The molecule has 21 heavy (non-hydrogen) atoms. The molecule has 3 nitrogen and oxygen atoms in total. The van der Waals surface area contributed by atoms with E-state index in [-0.39, 0.29) is 0 Å². The topological polar surface area (TPSA) is 29.9 Å². The van der Waals surface area contributed by atoms with Gasteiger partial charge in [-0.15, -0.1) is 0 Å². The SMILES string of the molecule is CCCNC1CCC(C(C)C)CC1Cc1cc(C)nn1C. The van der Waals surface area contributed by atoms with E-state index in [0.717, 1.165) is 30.0 Å². The van der Waals surface area contributed by atoms with Gasteiger partial charge in [0.25, 0.3) is 0 Å². The van der Waals surface area contributed by atoms with Crippen LogP contribution in [0, 0.1) is 24.7 Å². The van der Waals surface area contributed by atoms with Gasteiger partial charge in [-0.2, -0.15) is 5.10 Å². The number of nitrogens with zero attached hydrogens (tertiary/aromatic N) is 2. The first kappa shape index (κ1) is 16.5. The van der Waals surface area contributed by atoms with Crippen LogP contribution in [0.5, 0.6) is 0 Å². The minimum atomic E-state index is 0.690. The Bertz CT molecular complexity index is 436. The Morgan fingerprint density at radius 1 is 1.38 bits per heavy atom. The molecule has 1 N–H and O–H groups in total.